The van der Waals surface area contributed by atoms with E-state index in [1.54, 1.807) is 6.92 Å². The summed E-state index contributed by atoms with van der Waals surface area (Å²) >= 11 is 0. The molecule has 1 N–H and O–H groups in total. The van der Waals surface area contributed by atoms with Crippen LogP contribution in [0.25, 0.3) is 0 Å². The Labute approximate surface area is 110 Å². The largest absolute Gasteiger partial charge is 0.324 e. The molecule has 3 nitrogen and oxygen atoms in total. The van der Waals surface area contributed by atoms with Crippen LogP contribution in [0.2, 0.25) is 0 Å². The molecule has 0 aromatic rings. The maximum Gasteiger partial charge on any atom is 0.324 e. The Kier molecular flexibility index (Phi) is 5.18. The number of rotatable bonds is 6. The van der Waals surface area contributed by atoms with E-state index >= 15 is 0 Å². The summed E-state index contributed by atoms with van der Waals surface area (Å²) in [7, 11) is 0. The summed E-state index contributed by atoms with van der Waals surface area (Å²) in [6.45, 7) is 4.20. The molecular formula is C12H20F4N2O. The highest BCUT2D eigenvalue weighted by molar-refractivity contribution is 5.84. The summed E-state index contributed by atoms with van der Waals surface area (Å²) in [5, 5.41) is 2.95. The lowest BCUT2D eigenvalue weighted by Gasteiger charge is -2.27. The van der Waals surface area contributed by atoms with Crippen LogP contribution in [0.5, 0.6) is 0 Å². The van der Waals surface area contributed by atoms with E-state index in [-0.39, 0.29) is 5.92 Å². The zero-order valence-electron chi connectivity index (χ0n) is 11.3. The second-order valence-corrected chi connectivity index (χ2v) is 4.98. The van der Waals surface area contributed by atoms with Crippen molar-refractivity contribution in [1.82, 2.24) is 10.2 Å². The molecule has 7 heteroatoms. The third kappa shape index (κ3) is 3.38. The summed E-state index contributed by atoms with van der Waals surface area (Å²) in [6, 6.07) is -0.566. The number of nitrogens with one attached hydrogen (secondary N) is 1. The molecule has 1 heterocycles. The van der Waals surface area contributed by atoms with E-state index in [1.165, 1.54) is 0 Å². The van der Waals surface area contributed by atoms with Gasteiger partial charge in [0.15, 0.2) is 0 Å². The van der Waals surface area contributed by atoms with E-state index < -0.39 is 37.0 Å². The summed E-state index contributed by atoms with van der Waals surface area (Å²) in [6.07, 6.45) is -3.26. The van der Waals surface area contributed by atoms with Gasteiger partial charge >= 0.3 is 12.3 Å². The van der Waals surface area contributed by atoms with E-state index in [1.807, 2.05) is 13.8 Å². The average molecular weight is 284 g/mol. The van der Waals surface area contributed by atoms with Gasteiger partial charge in [-0.05, 0) is 12.3 Å². The first-order valence-corrected chi connectivity index (χ1v) is 6.47. The van der Waals surface area contributed by atoms with Crippen LogP contribution in [0.3, 0.4) is 0 Å². The van der Waals surface area contributed by atoms with Crippen LogP contribution in [0.1, 0.15) is 33.6 Å². The standard InChI is InChI=1S/C12H20F4N2O/c1-4-7(3)9-10(19)18(8(5-2)17-9)6-12(15,16)11(13)14/h7-9,11,17H,4-6H2,1-3H3. The van der Waals surface area contributed by atoms with Gasteiger partial charge in [-0.15, -0.1) is 0 Å². The van der Waals surface area contributed by atoms with E-state index in [4.69, 9.17) is 0 Å². The fourth-order valence-electron chi connectivity index (χ4n) is 2.17. The van der Waals surface area contributed by atoms with Crippen LogP contribution in [0.4, 0.5) is 17.6 Å². The fraction of sp³-hybridized carbons (Fsp3) is 0.917. The molecule has 0 aromatic carbocycles. The maximum absolute atomic E-state index is 13.1. The first kappa shape index (κ1) is 16.2. The summed E-state index contributed by atoms with van der Waals surface area (Å²) in [5.74, 6) is -4.71. The van der Waals surface area contributed by atoms with Gasteiger partial charge in [0.05, 0.1) is 18.8 Å². The number of halogens is 4. The molecule has 0 radical (unpaired) electrons. The predicted octanol–water partition coefficient (Wildman–Crippen LogP) is 2.47. The van der Waals surface area contributed by atoms with Crippen LogP contribution in [-0.2, 0) is 4.79 Å². The molecule has 19 heavy (non-hydrogen) atoms. The third-order valence-electron chi connectivity index (χ3n) is 3.60. The molecule has 1 fully saturated rings. The van der Waals surface area contributed by atoms with Gasteiger partial charge in [-0.25, -0.2) is 8.78 Å². The van der Waals surface area contributed by atoms with Crippen LogP contribution in [-0.4, -0.2) is 41.9 Å². The van der Waals surface area contributed by atoms with Crippen molar-refractivity contribution in [3.63, 3.8) is 0 Å². The fourth-order valence-corrected chi connectivity index (χ4v) is 2.17. The number of hydrogen-bond donors (Lipinski definition) is 1. The predicted molar refractivity (Wildman–Crippen MR) is 63.1 cm³/mol. The zero-order valence-corrected chi connectivity index (χ0v) is 11.3. The number of hydrogen-bond acceptors (Lipinski definition) is 2. The van der Waals surface area contributed by atoms with Crippen LogP contribution in [0, 0.1) is 5.92 Å². The lowest BCUT2D eigenvalue weighted by Crippen LogP contribution is -2.47. The Morgan fingerprint density at radius 3 is 2.37 bits per heavy atom. The number of nitrogens with zero attached hydrogens (tertiary/aromatic N) is 1. The van der Waals surface area contributed by atoms with Gasteiger partial charge in [0, 0.05) is 0 Å². The minimum absolute atomic E-state index is 0.0216. The van der Waals surface area contributed by atoms with E-state index in [2.05, 4.69) is 5.32 Å². The van der Waals surface area contributed by atoms with Gasteiger partial charge in [0.2, 0.25) is 5.91 Å². The van der Waals surface area contributed by atoms with Crippen molar-refractivity contribution in [3.8, 4) is 0 Å². The zero-order chi connectivity index (χ0) is 14.8. The molecule has 0 aromatic heterocycles. The Morgan fingerprint density at radius 1 is 1.37 bits per heavy atom. The van der Waals surface area contributed by atoms with Gasteiger partial charge in [-0.2, -0.15) is 8.78 Å². The van der Waals surface area contributed by atoms with Gasteiger partial charge in [-0.3, -0.25) is 10.1 Å². The summed E-state index contributed by atoms with van der Waals surface area (Å²) in [5.41, 5.74) is 0. The van der Waals surface area contributed by atoms with Gasteiger partial charge in [0.25, 0.3) is 0 Å². The highest BCUT2D eigenvalue weighted by Gasteiger charge is 2.49. The first-order chi connectivity index (χ1) is 8.74. The molecule has 1 rings (SSSR count). The minimum atomic E-state index is -4.17. The van der Waals surface area contributed by atoms with E-state index in [0.717, 1.165) is 4.90 Å². The molecule has 1 amide bonds. The highest BCUT2D eigenvalue weighted by Crippen LogP contribution is 2.28. The van der Waals surface area contributed by atoms with Crippen LogP contribution < -0.4 is 5.32 Å². The van der Waals surface area contributed by atoms with E-state index in [9.17, 15) is 22.4 Å². The van der Waals surface area contributed by atoms with Gasteiger partial charge < -0.3 is 4.90 Å². The summed E-state index contributed by atoms with van der Waals surface area (Å²) in [4.78, 5) is 12.9. The number of carbonyl (C=O) groups excluding carboxylic acids is 1. The average Bonchev–Trinajstić information content (AvgIpc) is 2.65. The molecule has 0 spiro atoms. The van der Waals surface area contributed by atoms with Crippen molar-refractivity contribution in [3.05, 3.63) is 0 Å². The molecule has 3 unspecified atom stereocenters. The van der Waals surface area contributed by atoms with E-state index in [0.29, 0.717) is 12.8 Å². The van der Waals surface area contributed by atoms with Gasteiger partial charge in [0.1, 0.15) is 0 Å². The Morgan fingerprint density at radius 2 is 1.95 bits per heavy atom. The van der Waals surface area contributed by atoms with Gasteiger partial charge in [-0.1, -0.05) is 27.2 Å². The van der Waals surface area contributed by atoms with Crippen molar-refractivity contribution in [1.29, 1.82) is 0 Å². The monoisotopic (exact) mass is 284 g/mol. The van der Waals surface area contributed by atoms with Crippen LogP contribution >= 0.6 is 0 Å². The molecule has 1 aliphatic rings. The van der Waals surface area contributed by atoms with Crippen molar-refractivity contribution >= 4 is 5.91 Å². The summed E-state index contributed by atoms with van der Waals surface area (Å²) < 4.78 is 50.7. The van der Waals surface area contributed by atoms with Crippen LogP contribution in [0.15, 0.2) is 0 Å². The second-order valence-electron chi connectivity index (χ2n) is 4.98. The molecule has 112 valence electrons. The smallest absolute Gasteiger partial charge is 0.320 e. The normalized spacial score (nSPS) is 26.3. The Bertz CT molecular complexity index is 325. The molecule has 1 saturated heterocycles. The lowest BCUT2D eigenvalue weighted by molar-refractivity contribution is -0.157. The highest BCUT2D eigenvalue weighted by atomic mass is 19.3. The van der Waals surface area contributed by atoms with Crippen molar-refractivity contribution in [2.75, 3.05) is 6.54 Å². The maximum atomic E-state index is 13.1. The SMILES string of the molecule is CCC(C)C1NC(CC)N(CC(F)(F)C(F)F)C1=O. The third-order valence-corrected chi connectivity index (χ3v) is 3.60. The van der Waals surface area contributed by atoms with Crippen molar-refractivity contribution < 1.29 is 22.4 Å². The molecule has 0 saturated carbocycles. The molecule has 1 aliphatic heterocycles. The topological polar surface area (TPSA) is 32.3 Å². The first-order valence-electron chi connectivity index (χ1n) is 6.47. The molecule has 0 bridgehead atoms. The molecular weight excluding hydrogens is 264 g/mol. The quantitative estimate of drug-likeness (QED) is 0.760. The number of carbonyl (C=O) groups is 1. The molecule has 3 atom stereocenters. The lowest BCUT2D eigenvalue weighted by atomic mass is 9.99. The molecule has 0 aliphatic carbocycles. The Hall–Kier alpha value is -0.850. The van der Waals surface area contributed by atoms with Crippen molar-refractivity contribution in [2.24, 2.45) is 5.92 Å². The Balaban J connectivity index is 2.84. The van der Waals surface area contributed by atoms with Crippen molar-refractivity contribution in [2.45, 2.75) is 58.2 Å². The number of alkyl halides is 4. The minimum Gasteiger partial charge on any atom is -0.320 e. The second kappa shape index (κ2) is 6.07. The number of amides is 1.